The van der Waals surface area contributed by atoms with Crippen molar-refractivity contribution in [3.05, 3.63) is 50.9 Å². The van der Waals surface area contributed by atoms with Crippen LogP contribution in [0.1, 0.15) is 72.2 Å². The molecule has 1 aliphatic carbocycles. The Morgan fingerprint density at radius 1 is 1.18 bits per heavy atom. The molecule has 0 saturated carbocycles. The van der Waals surface area contributed by atoms with E-state index in [-0.39, 0.29) is 29.4 Å². The van der Waals surface area contributed by atoms with Gasteiger partial charge >= 0.3 is 0 Å². The van der Waals surface area contributed by atoms with Crippen LogP contribution in [0.5, 0.6) is 0 Å². The fourth-order valence-electron chi connectivity index (χ4n) is 4.95. The van der Waals surface area contributed by atoms with E-state index in [1.165, 1.54) is 4.88 Å². The third-order valence-electron chi connectivity index (χ3n) is 6.72. The van der Waals surface area contributed by atoms with Crippen LogP contribution in [0.3, 0.4) is 0 Å². The molecule has 2 amide bonds. The molecule has 1 aliphatic heterocycles. The van der Waals surface area contributed by atoms with Crippen LogP contribution in [0.15, 0.2) is 24.3 Å². The highest BCUT2D eigenvalue weighted by Gasteiger charge is 2.36. The number of hydrogen-bond donors (Lipinski definition) is 1. The minimum Gasteiger partial charge on any atom is -0.372 e. The number of anilines is 1. The van der Waals surface area contributed by atoms with Crippen molar-refractivity contribution in [2.75, 3.05) is 18.4 Å². The van der Waals surface area contributed by atoms with Gasteiger partial charge < -0.3 is 15.0 Å². The van der Waals surface area contributed by atoms with Gasteiger partial charge in [0.05, 0.1) is 17.8 Å². The summed E-state index contributed by atoms with van der Waals surface area (Å²) in [5, 5.41) is 4.21. The summed E-state index contributed by atoms with van der Waals surface area (Å²) in [6.07, 6.45) is 2.82. The maximum absolute atomic E-state index is 13.8. The number of carbonyl (C=O) groups excluding carboxylic acids is 2. The predicted octanol–water partition coefficient (Wildman–Crippen LogP) is 6.05. The molecule has 4 rings (SSSR count). The lowest BCUT2D eigenvalue weighted by Gasteiger charge is -2.36. The number of halogens is 1. The lowest BCUT2D eigenvalue weighted by Crippen LogP contribution is -2.48. The highest BCUT2D eigenvalue weighted by Crippen LogP contribution is 2.45. The van der Waals surface area contributed by atoms with Gasteiger partial charge in [-0.1, -0.05) is 38.4 Å². The molecule has 0 radical (unpaired) electrons. The zero-order valence-corrected chi connectivity index (χ0v) is 21.6. The van der Waals surface area contributed by atoms with Gasteiger partial charge in [0.25, 0.3) is 11.8 Å². The summed E-state index contributed by atoms with van der Waals surface area (Å²) in [6, 6.07) is 6.88. The predicted molar refractivity (Wildman–Crippen MR) is 135 cm³/mol. The Morgan fingerprint density at radius 3 is 2.52 bits per heavy atom. The largest absolute Gasteiger partial charge is 0.372 e. The number of benzene rings is 1. The Morgan fingerprint density at radius 2 is 1.88 bits per heavy atom. The highest BCUT2D eigenvalue weighted by molar-refractivity contribution is 7.17. The Labute approximate surface area is 205 Å². The molecule has 3 atom stereocenters. The van der Waals surface area contributed by atoms with E-state index in [0.29, 0.717) is 40.2 Å². The van der Waals surface area contributed by atoms with Gasteiger partial charge in [0.15, 0.2) is 0 Å². The molecule has 7 heteroatoms. The normalized spacial score (nSPS) is 23.2. The van der Waals surface area contributed by atoms with Crippen molar-refractivity contribution >= 4 is 39.8 Å². The molecule has 2 aliphatic rings. The van der Waals surface area contributed by atoms with Crippen molar-refractivity contribution in [2.24, 2.45) is 11.3 Å². The number of thiophene rings is 1. The van der Waals surface area contributed by atoms with Gasteiger partial charge in [-0.15, -0.1) is 11.3 Å². The first-order valence-electron chi connectivity index (χ1n) is 11.7. The fraction of sp³-hybridized carbons (Fsp3) is 0.538. The van der Waals surface area contributed by atoms with E-state index in [2.05, 4.69) is 26.1 Å². The van der Waals surface area contributed by atoms with Crippen molar-refractivity contribution < 1.29 is 14.3 Å². The fourth-order valence-corrected chi connectivity index (χ4v) is 6.45. The quantitative estimate of drug-likeness (QED) is 0.571. The van der Waals surface area contributed by atoms with E-state index in [9.17, 15) is 9.59 Å². The van der Waals surface area contributed by atoms with Gasteiger partial charge in [0, 0.05) is 28.6 Å². The third-order valence-corrected chi connectivity index (χ3v) is 8.13. The summed E-state index contributed by atoms with van der Waals surface area (Å²) in [6.45, 7) is 11.9. The molecule has 1 aromatic carbocycles. The summed E-state index contributed by atoms with van der Waals surface area (Å²) in [5.74, 6) is 0.290. The van der Waals surface area contributed by atoms with Gasteiger partial charge in [0.2, 0.25) is 0 Å². The molecule has 5 nitrogen and oxygen atoms in total. The summed E-state index contributed by atoms with van der Waals surface area (Å²) in [7, 11) is 0. The van der Waals surface area contributed by atoms with Crippen LogP contribution >= 0.6 is 22.9 Å². The lowest BCUT2D eigenvalue weighted by molar-refractivity contribution is -0.0586. The number of hydrogen-bond acceptors (Lipinski definition) is 4. The summed E-state index contributed by atoms with van der Waals surface area (Å²) in [5.41, 5.74) is 2.46. The second-order valence-corrected chi connectivity index (χ2v) is 12.0. The molecular formula is C26H33ClN2O3S. The molecule has 2 aromatic rings. The number of amides is 2. The molecule has 0 bridgehead atoms. The molecular weight excluding hydrogens is 456 g/mol. The Bertz CT molecular complexity index is 1050. The second kappa shape index (κ2) is 9.40. The molecule has 1 aromatic heterocycles. The SMILES string of the molecule is CC1CN(C(=O)c2c(NC(=O)c3cccc(Cl)c3)sc3c2CCC(C(C)(C)C)C3)CC(C)O1. The molecule has 1 saturated heterocycles. The number of carbonyl (C=O) groups is 2. The topological polar surface area (TPSA) is 58.6 Å². The van der Waals surface area contributed by atoms with Gasteiger partial charge in [0.1, 0.15) is 5.00 Å². The minimum absolute atomic E-state index is 0.00916. The minimum atomic E-state index is -0.249. The lowest BCUT2D eigenvalue weighted by atomic mass is 9.72. The molecule has 3 unspecified atom stereocenters. The Hall–Kier alpha value is -1.89. The van der Waals surface area contributed by atoms with Crippen molar-refractivity contribution in [1.82, 2.24) is 4.90 Å². The van der Waals surface area contributed by atoms with Crippen LogP contribution < -0.4 is 5.32 Å². The van der Waals surface area contributed by atoms with Gasteiger partial charge in [-0.2, -0.15) is 0 Å². The van der Waals surface area contributed by atoms with Crippen molar-refractivity contribution in [2.45, 2.75) is 66.1 Å². The standard InChI is InChI=1S/C26H33ClN2O3S/c1-15-13-29(14-16(2)32-15)25(31)22-20-10-9-18(26(3,4)5)12-21(20)33-24(22)28-23(30)17-7-6-8-19(27)11-17/h6-8,11,15-16,18H,9-10,12-14H2,1-5H3,(H,28,30). The van der Waals surface area contributed by atoms with Crippen LogP contribution in [-0.4, -0.2) is 42.0 Å². The molecule has 1 N–H and O–H groups in total. The number of morpholine rings is 1. The number of nitrogens with one attached hydrogen (secondary N) is 1. The zero-order valence-electron chi connectivity index (χ0n) is 20.0. The van der Waals surface area contributed by atoms with Crippen molar-refractivity contribution in [1.29, 1.82) is 0 Å². The van der Waals surface area contributed by atoms with Crippen molar-refractivity contribution in [3.63, 3.8) is 0 Å². The van der Waals surface area contributed by atoms with Crippen LogP contribution in [0.25, 0.3) is 0 Å². The zero-order chi connectivity index (χ0) is 23.9. The summed E-state index contributed by atoms with van der Waals surface area (Å²) in [4.78, 5) is 30.0. The van der Waals surface area contributed by atoms with E-state index in [1.54, 1.807) is 35.6 Å². The van der Waals surface area contributed by atoms with Gasteiger partial charge in [-0.3, -0.25) is 9.59 Å². The van der Waals surface area contributed by atoms with E-state index < -0.39 is 0 Å². The summed E-state index contributed by atoms with van der Waals surface area (Å²) < 4.78 is 5.84. The average Bonchev–Trinajstić information content (AvgIpc) is 3.08. The molecule has 33 heavy (non-hydrogen) atoms. The Kier molecular flexibility index (Phi) is 6.90. The number of ether oxygens (including phenoxy) is 1. The van der Waals surface area contributed by atoms with Crippen LogP contribution in [-0.2, 0) is 17.6 Å². The second-order valence-electron chi connectivity index (χ2n) is 10.4. The van der Waals surface area contributed by atoms with Gasteiger partial charge in [-0.25, -0.2) is 0 Å². The first-order chi connectivity index (χ1) is 15.5. The molecule has 2 heterocycles. The van der Waals surface area contributed by atoms with Crippen LogP contribution in [0.2, 0.25) is 5.02 Å². The monoisotopic (exact) mass is 488 g/mol. The maximum Gasteiger partial charge on any atom is 0.257 e. The first-order valence-corrected chi connectivity index (χ1v) is 12.9. The summed E-state index contributed by atoms with van der Waals surface area (Å²) >= 11 is 7.65. The molecule has 178 valence electrons. The third kappa shape index (κ3) is 5.28. The maximum atomic E-state index is 13.8. The molecule has 0 spiro atoms. The molecule has 1 fully saturated rings. The smallest absolute Gasteiger partial charge is 0.257 e. The first kappa shape index (κ1) is 24.2. The highest BCUT2D eigenvalue weighted by atomic mass is 35.5. The number of fused-ring (bicyclic) bond motifs is 1. The average molecular weight is 489 g/mol. The van der Waals surface area contributed by atoms with E-state index >= 15 is 0 Å². The number of rotatable bonds is 3. The van der Waals surface area contributed by atoms with Gasteiger partial charge in [-0.05, 0) is 68.2 Å². The number of nitrogens with zero attached hydrogens (tertiary/aromatic N) is 1. The Balaban J connectivity index is 1.70. The van der Waals surface area contributed by atoms with Crippen molar-refractivity contribution in [3.8, 4) is 0 Å². The van der Waals surface area contributed by atoms with E-state index in [0.717, 1.165) is 24.8 Å². The van der Waals surface area contributed by atoms with Crippen LogP contribution in [0.4, 0.5) is 5.00 Å². The van der Waals surface area contributed by atoms with E-state index in [4.69, 9.17) is 16.3 Å². The van der Waals surface area contributed by atoms with E-state index in [1.807, 2.05) is 18.7 Å². The van der Waals surface area contributed by atoms with Crippen LogP contribution in [0, 0.1) is 11.3 Å².